The van der Waals surface area contributed by atoms with Crippen LogP contribution in [0.3, 0.4) is 0 Å². The highest BCUT2D eigenvalue weighted by Crippen LogP contribution is 2.19. The van der Waals surface area contributed by atoms with Crippen LogP contribution in [0.4, 0.5) is 10.5 Å². The van der Waals surface area contributed by atoms with Gasteiger partial charge >= 0.3 is 12.0 Å². The van der Waals surface area contributed by atoms with Gasteiger partial charge in [-0.05, 0) is 30.5 Å². The number of rotatable bonds is 6. The minimum atomic E-state index is -0.822. The summed E-state index contributed by atoms with van der Waals surface area (Å²) < 4.78 is 4.80. The number of urea groups is 1. The third kappa shape index (κ3) is 5.38. The Labute approximate surface area is 152 Å². The number of nitro benzene ring substituents is 1. The molecule has 0 saturated carbocycles. The molecule has 26 heavy (non-hydrogen) atoms. The van der Waals surface area contributed by atoms with Gasteiger partial charge in [-0.2, -0.15) is 0 Å². The Morgan fingerprint density at radius 3 is 2.65 bits per heavy atom. The minimum absolute atomic E-state index is 0.0723. The lowest BCUT2D eigenvalue weighted by atomic mass is 10.1. The lowest BCUT2D eigenvalue weighted by Gasteiger charge is -2.07. The van der Waals surface area contributed by atoms with Crippen molar-refractivity contribution in [2.75, 3.05) is 6.61 Å². The van der Waals surface area contributed by atoms with Gasteiger partial charge < -0.3 is 10.1 Å². The summed E-state index contributed by atoms with van der Waals surface area (Å²) >= 11 is 1.46. The largest absolute Gasteiger partial charge is 0.452 e. The van der Waals surface area contributed by atoms with Crippen molar-refractivity contribution < 1.29 is 24.0 Å². The summed E-state index contributed by atoms with van der Waals surface area (Å²) in [6.07, 6.45) is 0. The number of imide groups is 1. The van der Waals surface area contributed by atoms with Crippen LogP contribution in [-0.4, -0.2) is 29.4 Å². The number of esters is 1. The van der Waals surface area contributed by atoms with Crippen molar-refractivity contribution in [3.8, 4) is 0 Å². The number of nitrogens with one attached hydrogen (secondary N) is 2. The topological polar surface area (TPSA) is 128 Å². The second-order valence-corrected chi connectivity index (χ2v) is 6.18. The molecule has 0 bridgehead atoms. The van der Waals surface area contributed by atoms with Crippen molar-refractivity contribution in [3.05, 3.63) is 61.8 Å². The van der Waals surface area contributed by atoms with Crippen LogP contribution < -0.4 is 10.6 Å². The highest BCUT2D eigenvalue weighted by atomic mass is 32.1. The first-order chi connectivity index (χ1) is 12.4. The number of hydrogen-bond acceptors (Lipinski definition) is 7. The Morgan fingerprint density at radius 2 is 2.04 bits per heavy atom. The first-order valence-corrected chi connectivity index (χ1v) is 8.27. The van der Waals surface area contributed by atoms with Gasteiger partial charge in [0.1, 0.15) is 0 Å². The van der Waals surface area contributed by atoms with E-state index in [1.165, 1.54) is 36.5 Å². The van der Waals surface area contributed by atoms with Crippen molar-refractivity contribution in [1.29, 1.82) is 0 Å². The number of aryl methyl sites for hydroxylation is 1. The Kier molecular flexibility index (Phi) is 6.39. The summed E-state index contributed by atoms with van der Waals surface area (Å²) in [6, 6.07) is 6.69. The van der Waals surface area contributed by atoms with E-state index >= 15 is 0 Å². The SMILES string of the molecule is Cc1cc(C(=O)OCC(=O)NC(=O)NCc2cccs2)ccc1[N+](=O)[O-]. The molecule has 0 radical (unpaired) electrons. The average molecular weight is 377 g/mol. The monoisotopic (exact) mass is 377 g/mol. The van der Waals surface area contributed by atoms with Crippen LogP contribution in [0.1, 0.15) is 20.8 Å². The van der Waals surface area contributed by atoms with Gasteiger partial charge in [-0.3, -0.25) is 20.2 Å². The smallest absolute Gasteiger partial charge is 0.338 e. The number of ether oxygens (including phenoxy) is 1. The fourth-order valence-corrected chi connectivity index (χ4v) is 2.63. The Balaban J connectivity index is 1.79. The molecule has 0 atom stereocenters. The van der Waals surface area contributed by atoms with Gasteiger partial charge in [-0.1, -0.05) is 6.07 Å². The zero-order valence-corrected chi connectivity index (χ0v) is 14.5. The molecule has 1 heterocycles. The fraction of sp³-hybridized carbons (Fsp3) is 0.188. The fourth-order valence-electron chi connectivity index (χ4n) is 1.99. The predicted octanol–water partition coefficient (Wildman–Crippen LogP) is 2.15. The van der Waals surface area contributed by atoms with Gasteiger partial charge in [0.25, 0.3) is 11.6 Å². The number of benzene rings is 1. The van der Waals surface area contributed by atoms with Crippen LogP contribution in [0.5, 0.6) is 0 Å². The van der Waals surface area contributed by atoms with Crippen molar-refractivity contribution in [2.45, 2.75) is 13.5 Å². The number of nitrogens with zero attached hydrogens (tertiary/aromatic N) is 1. The molecule has 0 saturated heterocycles. The molecule has 0 spiro atoms. The number of thiophene rings is 1. The van der Waals surface area contributed by atoms with Crippen LogP contribution in [-0.2, 0) is 16.1 Å². The van der Waals surface area contributed by atoms with Gasteiger partial charge in [0.2, 0.25) is 0 Å². The zero-order valence-electron chi connectivity index (χ0n) is 13.7. The maximum atomic E-state index is 11.9. The van der Waals surface area contributed by atoms with Gasteiger partial charge in [-0.15, -0.1) is 11.3 Å². The van der Waals surface area contributed by atoms with E-state index in [2.05, 4.69) is 5.32 Å². The summed E-state index contributed by atoms with van der Waals surface area (Å²) in [5, 5.41) is 17.1. The molecule has 9 nitrogen and oxygen atoms in total. The third-order valence-electron chi connectivity index (χ3n) is 3.22. The molecule has 1 aromatic heterocycles. The lowest BCUT2D eigenvalue weighted by Crippen LogP contribution is -2.41. The predicted molar refractivity (Wildman–Crippen MR) is 92.8 cm³/mol. The number of carbonyl (C=O) groups excluding carboxylic acids is 3. The first kappa shape index (κ1) is 19.1. The zero-order chi connectivity index (χ0) is 19.1. The summed E-state index contributed by atoms with van der Waals surface area (Å²) in [6.45, 7) is 1.11. The second-order valence-electron chi connectivity index (χ2n) is 5.14. The van der Waals surface area contributed by atoms with Crippen molar-refractivity contribution in [2.24, 2.45) is 0 Å². The maximum Gasteiger partial charge on any atom is 0.338 e. The van der Waals surface area contributed by atoms with Crippen molar-refractivity contribution in [1.82, 2.24) is 10.6 Å². The minimum Gasteiger partial charge on any atom is -0.452 e. The van der Waals surface area contributed by atoms with Crippen LogP contribution in [0.15, 0.2) is 35.7 Å². The maximum absolute atomic E-state index is 11.9. The van der Waals surface area contributed by atoms with E-state index in [1.54, 1.807) is 0 Å². The van der Waals surface area contributed by atoms with Gasteiger partial charge in [0.05, 0.1) is 17.0 Å². The number of nitro groups is 1. The highest BCUT2D eigenvalue weighted by molar-refractivity contribution is 7.09. The van der Waals surface area contributed by atoms with E-state index in [9.17, 15) is 24.5 Å². The van der Waals surface area contributed by atoms with E-state index in [0.717, 1.165) is 4.88 Å². The normalized spacial score (nSPS) is 10.0. The van der Waals surface area contributed by atoms with E-state index in [-0.39, 0.29) is 17.8 Å². The lowest BCUT2D eigenvalue weighted by molar-refractivity contribution is -0.385. The molecule has 3 amide bonds. The van der Waals surface area contributed by atoms with Crippen LogP contribution >= 0.6 is 11.3 Å². The second kappa shape index (κ2) is 8.72. The van der Waals surface area contributed by atoms with Crippen LogP contribution in [0.25, 0.3) is 0 Å². The van der Waals surface area contributed by atoms with E-state index in [1.807, 2.05) is 22.8 Å². The molecule has 136 valence electrons. The molecule has 0 aliphatic rings. The first-order valence-electron chi connectivity index (χ1n) is 7.39. The van der Waals surface area contributed by atoms with Gasteiger partial charge in [0.15, 0.2) is 6.61 Å². The molecular weight excluding hydrogens is 362 g/mol. The molecule has 2 rings (SSSR count). The van der Waals surface area contributed by atoms with Crippen molar-refractivity contribution >= 4 is 34.9 Å². The third-order valence-corrected chi connectivity index (χ3v) is 4.10. The number of hydrogen-bond donors (Lipinski definition) is 2. The Bertz CT molecular complexity index is 835. The number of carbonyl (C=O) groups is 3. The standard InChI is InChI=1S/C16H15N3O6S/c1-10-7-11(4-5-13(10)19(23)24)15(21)25-9-14(20)18-16(22)17-8-12-3-2-6-26-12/h2-7H,8-9H2,1H3,(H2,17,18,20,22). The quantitative estimate of drug-likeness (QED) is 0.451. The number of amides is 3. The van der Waals surface area contributed by atoms with E-state index in [4.69, 9.17) is 4.74 Å². The Hall–Kier alpha value is -3.27. The summed E-state index contributed by atoms with van der Waals surface area (Å²) in [5.41, 5.74) is 0.242. The summed E-state index contributed by atoms with van der Waals surface area (Å²) in [7, 11) is 0. The summed E-state index contributed by atoms with van der Waals surface area (Å²) in [5.74, 6) is -1.61. The molecule has 10 heteroatoms. The molecule has 1 aromatic carbocycles. The molecule has 0 aliphatic heterocycles. The molecule has 0 aliphatic carbocycles. The molecule has 2 aromatic rings. The molecule has 0 fully saturated rings. The van der Waals surface area contributed by atoms with E-state index < -0.39 is 29.4 Å². The van der Waals surface area contributed by atoms with Gasteiger partial charge in [0, 0.05) is 16.5 Å². The van der Waals surface area contributed by atoms with Crippen molar-refractivity contribution in [3.63, 3.8) is 0 Å². The highest BCUT2D eigenvalue weighted by Gasteiger charge is 2.16. The summed E-state index contributed by atoms with van der Waals surface area (Å²) in [4.78, 5) is 46.2. The molecule has 0 unspecified atom stereocenters. The molecular formula is C16H15N3O6S. The van der Waals surface area contributed by atoms with Gasteiger partial charge in [-0.25, -0.2) is 9.59 Å². The Morgan fingerprint density at radius 1 is 1.27 bits per heavy atom. The van der Waals surface area contributed by atoms with Crippen LogP contribution in [0.2, 0.25) is 0 Å². The molecule has 2 N–H and O–H groups in total. The van der Waals surface area contributed by atoms with Crippen LogP contribution in [0, 0.1) is 17.0 Å². The average Bonchev–Trinajstić information content (AvgIpc) is 3.11. The van der Waals surface area contributed by atoms with E-state index in [0.29, 0.717) is 5.56 Å².